The van der Waals surface area contributed by atoms with E-state index in [0.717, 1.165) is 0 Å². The molecule has 2 unspecified atom stereocenters. The maximum atomic E-state index is 10.7. The van der Waals surface area contributed by atoms with E-state index in [0.29, 0.717) is 18.3 Å². The fourth-order valence-corrected chi connectivity index (χ4v) is 2.13. The summed E-state index contributed by atoms with van der Waals surface area (Å²) in [5.41, 5.74) is 0. The predicted octanol–water partition coefficient (Wildman–Crippen LogP) is 1.70. The molecule has 11 heavy (non-hydrogen) atoms. The van der Waals surface area contributed by atoms with Crippen molar-refractivity contribution in [3.8, 4) is 0 Å². The third-order valence-corrected chi connectivity index (χ3v) is 2.79. The van der Waals surface area contributed by atoms with Gasteiger partial charge in [0.1, 0.15) is 10.0 Å². The van der Waals surface area contributed by atoms with Crippen molar-refractivity contribution in [3.63, 3.8) is 0 Å². The zero-order valence-corrected chi connectivity index (χ0v) is 8.16. The zero-order valence-electron chi connectivity index (χ0n) is 6.59. The zero-order chi connectivity index (χ0) is 8.27. The van der Waals surface area contributed by atoms with Crippen LogP contribution >= 0.6 is 10.7 Å². The smallest absolute Gasteiger partial charge is 0.117 e. The standard InChI is InChI=1S/C7H13ClO2S/c1-2-10-7(5-11(8)9)6-3-4-6/h6-7H,2-5H2,1H3. The Balaban J connectivity index is 2.26. The van der Waals surface area contributed by atoms with Gasteiger partial charge in [0.15, 0.2) is 0 Å². The fraction of sp³-hybridized carbons (Fsp3) is 1.00. The Labute approximate surface area is 74.2 Å². The highest BCUT2D eigenvalue weighted by atomic mass is 35.7. The van der Waals surface area contributed by atoms with E-state index in [1.807, 2.05) is 6.92 Å². The number of halogens is 1. The van der Waals surface area contributed by atoms with Crippen LogP contribution in [0.2, 0.25) is 0 Å². The van der Waals surface area contributed by atoms with Crippen LogP contribution < -0.4 is 0 Å². The van der Waals surface area contributed by atoms with E-state index in [2.05, 4.69) is 0 Å². The Morgan fingerprint density at radius 2 is 2.36 bits per heavy atom. The minimum absolute atomic E-state index is 0.137. The number of rotatable bonds is 5. The molecular weight excluding hydrogens is 184 g/mol. The Kier molecular flexibility index (Phi) is 3.82. The first-order valence-electron chi connectivity index (χ1n) is 3.90. The number of hydrogen-bond acceptors (Lipinski definition) is 2. The van der Waals surface area contributed by atoms with Gasteiger partial charge in [-0.1, -0.05) is 0 Å². The molecule has 2 atom stereocenters. The molecule has 0 radical (unpaired) electrons. The topological polar surface area (TPSA) is 26.3 Å². The molecule has 66 valence electrons. The van der Waals surface area contributed by atoms with Crippen LogP contribution in [0.15, 0.2) is 0 Å². The van der Waals surface area contributed by atoms with E-state index in [1.165, 1.54) is 12.8 Å². The lowest BCUT2D eigenvalue weighted by molar-refractivity contribution is 0.0639. The van der Waals surface area contributed by atoms with Crippen LogP contribution in [-0.2, 0) is 14.7 Å². The van der Waals surface area contributed by atoms with Crippen molar-refractivity contribution in [2.24, 2.45) is 5.92 Å². The summed E-state index contributed by atoms with van der Waals surface area (Å²) in [6, 6.07) is 0. The summed E-state index contributed by atoms with van der Waals surface area (Å²) < 4.78 is 16.1. The maximum absolute atomic E-state index is 10.7. The van der Waals surface area contributed by atoms with Gasteiger partial charge in [0.05, 0.1) is 11.9 Å². The predicted molar refractivity (Wildman–Crippen MR) is 47.0 cm³/mol. The summed E-state index contributed by atoms with van der Waals surface area (Å²) in [6.07, 6.45) is 2.55. The molecule has 0 spiro atoms. The van der Waals surface area contributed by atoms with Crippen LogP contribution in [0.5, 0.6) is 0 Å². The molecule has 0 aromatic carbocycles. The summed E-state index contributed by atoms with van der Waals surface area (Å²) in [6.45, 7) is 2.64. The molecule has 4 heteroatoms. The molecule has 0 amide bonds. The van der Waals surface area contributed by atoms with Crippen LogP contribution in [0.25, 0.3) is 0 Å². The number of ether oxygens (including phenoxy) is 1. The molecule has 0 heterocycles. The normalized spacial score (nSPS) is 23.1. The average Bonchev–Trinajstić information content (AvgIpc) is 2.66. The van der Waals surface area contributed by atoms with Gasteiger partial charge in [-0.25, -0.2) is 4.21 Å². The minimum atomic E-state index is -1.23. The Hall–Kier alpha value is 0.400. The molecule has 0 aromatic heterocycles. The first-order valence-corrected chi connectivity index (χ1v) is 6.04. The van der Waals surface area contributed by atoms with Crippen molar-refractivity contribution in [2.75, 3.05) is 12.4 Å². The summed E-state index contributed by atoms with van der Waals surface area (Å²) in [5, 5.41) is 0. The molecule has 0 bridgehead atoms. The first-order chi connectivity index (χ1) is 5.24. The molecule has 1 aliphatic rings. The van der Waals surface area contributed by atoms with Crippen LogP contribution in [0, 0.1) is 5.92 Å². The van der Waals surface area contributed by atoms with Crippen LogP contribution in [0.4, 0.5) is 0 Å². The first kappa shape index (κ1) is 9.49. The van der Waals surface area contributed by atoms with Crippen molar-refractivity contribution in [1.29, 1.82) is 0 Å². The van der Waals surface area contributed by atoms with Gasteiger partial charge in [-0.2, -0.15) is 0 Å². The van der Waals surface area contributed by atoms with Crippen LogP contribution in [0.3, 0.4) is 0 Å². The maximum Gasteiger partial charge on any atom is 0.117 e. The summed E-state index contributed by atoms with van der Waals surface area (Å²) >= 11 is 0. The molecule has 2 nitrogen and oxygen atoms in total. The highest BCUT2D eigenvalue weighted by Gasteiger charge is 2.32. The second-order valence-corrected chi connectivity index (χ2v) is 4.73. The van der Waals surface area contributed by atoms with Crippen molar-refractivity contribution in [2.45, 2.75) is 25.9 Å². The summed E-state index contributed by atoms with van der Waals surface area (Å²) in [5.74, 6) is 1.11. The molecule has 0 aliphatic heterocycles. The average molecular weight is 197 g/mol. The van der Waals surface area contributed by atoms with E-state index in [4.69, 9.17) is 15.4 Å². The van der Waals surface area contributed by atoms with Crippen molar-refractivity contribution in [1.82, 2.24) is 0 Å². The van der Waals surface area contributed by atoms with Gasteiger partial charge in [0, 0.05) is 6.61 Å². The van der Waals surface area contributed by atoms with E-state index in [9.17, 15) is 4.21 Å². The third kappa shape index (κ3) is 3.54. The van der Waals surface area contributed by atoms with Gasteiger partial charge in [-0.05, 0) is 36.4 Å². The van der Waals surface area contributed by atoms with E-state index in [1.54, 1.807) is 0 Å². The van der Waals surface area contributed by atoms with E-state index < -0.39 is 10.0 Å². The molecule has 1 aliphatic carbocycles. The van der Waals surface area contributed by atoms with Crippen molar-refractivity contribution >= 4 is 20.7 Å². The highest BCUT2D eigenvalue weighted by molar-refractivity contribution is 8.08. The van der Waals surface area contributed by atoms with Gasteiger partial charge < -0.3 is 4.74 Å². The van der Waals surface area contributed by atoms with Crippen LogP contribution in [0.1, 0.15) is 19.8 Å². The van der Waals surface area contributed by atoms with E-state index in [-0.39, 0.29) is 6.10 Å². The van der Waals surface area contributed by atoms with E-state index >= 15 is 0 Å². The monoisotopic (exact) mass is 196 g/mol. The van der Waals surface area contributed by atoms with Crippen molar-refractivity contribution < 1.29 is 8.95 Å². The molecule has 1 fully saturated rings. The largest absolute Gasteiger partial charge is 0.377 e. The lowest BCUT2D eigenvalue weighted by Gasteiger charge is -2.13. The lowest BCUT2D eigenvalue weighted by atomic mass is 10.3. The van der Waals surface area contributed by atoms with Gasteiger partial charge in [0.2, 0.25) is 0 Å². The molecular formula is C7H13ClO2S. The molecule has 0 N–H and O–H groups in total. The molecule has 1 rings (SSSR count). The molecule has 0 saturated heterocycles. The quantitative estimate of drug-likeness (QED) is 0.626. The second kappa shape index (κ2) is 4.43. The highest BCUT2D eigenvalue weighted by Crippen LogP contribution is 2.34. The number of hydrogen-bond donors (Lipinski definition) is 0. The Morgan fingerprint density at radius 1 is 1.73 bits per heavy atom. The fourth-order valence-electron chi connectivity index (χ4n) is 1.13. The summed E-state index contributed by atoms with van der Waals surface area (Å²) in [7, 11) is 4.14. The Bertz CT molecular complexity index is 147. The molecule has 1 saturated carbocycles. The SMILES string of the molecule is CCOC(CS(=O)Cl)C1CC1. The third-order valence-electron chi connectivity index (χ3n) is 1.82. The van der Waals surface area contributed by atoms with Gasteiger partial charge in [-0.3, -0.25) is 0 Å². The van der Waals surface area contributed by atoms with Gasteiger partial charge in [0.25, 0.3) is 0 Å². The minimum Gasteiger partial charge on any atom is -0.377 e. The summed E-state index contributed by atoms with van der Waals surface area (Å²) in [4.78, 5) is 0. The van der Waals surface area contributed by atoms with Gasteiger partial charge in [-0.15, -0.1) is 0 Å². The van der Waals surface area contributed by atoms with Crippen molar-refractivity contribution in [3.05, 3.63) is 0 Å². The lowest BCUT2D eigenvalue weighted by Crippen LogP contribution is -2.21. The second-order valence-electron chi connectivity index (χ2n) is 2.79. The van der Waals surface area contributed by atoms with Crippen LogP contribution in [-0.4, -0.2) is 22.7 Å². The Morgan fingerprint density at radius 3 is 2.73 bits per heavy atom. The van der Waals surface area contributed by atoms with Gasteiger partial charge >= 0.3 is 0 Å². The molecule has 0 aromatic rings.